The van der Waals surface area contributed by atoms with E-state index in [1.54, 1.807) is 71.8 Å². The van der Waals surface area contributed by atoms with Gasteiger partial charge in [-0.2, -0.15) is 0 Å². The van der Waals surface area contributed by atoms with Gasteiger partial charge in [-0.15, -0.1) is 0 Å². The molecule has 204 valence electrons. The third-order valence-electron chi connectivity index (χ3n) is 5.93. The first-order valence-corrected chi connectivity index (χ1v) is 12.8. The summed E-state index contributed by atoms with van der Waals surface area (Å²) >= 11 is 0. The molecule has 0 unspecified atom stereocenters. The molecule has 2 amide bonds. The largest absolute Gasteiger partial charge is 0.443 e. The summed E-state index contributed by atoms with van der Waals surface area (Å²) in [5.74, 6) is -0.333. The molecule has 1 heterocycles. The van der Waals surface area contributed by atoms with Crippen LogP contribution in [-0.4, -0.2) is 34.1 Å². The van der Waals surface area contributed by atoms with Crippen LogP contribution in [0.4, 0.5) is 21.9 Å². The first kappa shape index (κ1) is 28.0. The quantitative estimate of drug-likeness (QED) is 0.193. The fourth-order valence-electron chi connectivity index (χ4n) is 4.03. The molecule has 9 heteroatoms. The summed E-state index contributed by atoms with van der Waals surface area (Å²) < 4.78 is 5.63. The van der Waals surface area contributed by atoms with E-state index in [2.05, 4.69) is 10.3 Å². The van der Waals surface area contributed by atoms with Crippen LogP contribution < -0.4 is 10.2 Å². The minimum atomic E-state index is -0.661. The van der Waals surface area contributed by atoms with Gasteiger partial charge in [0.1, 0.15) is 5.60 Å². The molecular weight excluding hydrogens is 508 g/mol. The van der Waals surface area contributed by atoms with Gasteiger partial charge in [0.05, 0.1) is 4.92 Å². The van der Waals surface area contributed by atoms with Gasteiger partial charge in [-0.3, -0.25) is 24.8 Å². The van der Waals surface area contributed by atoms with Gasteiger partial charge in [-0.1, -0.05) is 24.3 Å². The number of benzene rings is 3. The molecule has 40 heavy (non-hydrogen) atoms. The maximum absolute atomic E-state index is 13.2. The van der Waals surface area contributed by atoms with Crippen LogP contribution in [0.5, 0.6) is 0 Å². The molecule has 4 rings (SSSR count). The Hall–Kier alpha value is -5.05. The number of carbonyl (C=O) groups is 2. The summed E-state index contributed by atoms with van der Waals surface area (Å²) in [5, 5.41) is 13.9. The minimum absolute atomic E-state index is 0.0220. The smallest absolute Gasteiger partial charge is 0.414 e. The highest BCUT2D eigenvalue weighted by Crippen LogP contribution is 2.27. The van der Waals surface area contributed by atoms with Gasteiger partial charge >= 0.3 is 6.09 Å². The lowest BCUT2D eigenvalue weighted by atomic mass is 9.99. The number of carbonyl (C=O) groups excluding carboxylic acids is 2. The van der Waals surface area contributed by atoms with Crippen LogP contribution in [0.1, 0.15) is 36.8 Å². The zero-order valence-corrected chi connectivity index (χ0v) is 22.5. The topological polar surface area (TPSA) is 115 Å². The average Bonchev–Trinajstić information content (AvgIpc) is 2.93. The first-order chi connectivity index (χ1) is 19.1. The van der Waals surface area contributed by atoms with Crippen molar-refractivity contribution in [2.45, 2.75) is 32.8 Å². The highest BCUT2D eigenvalue weighted by atomic mass is 16.6. The van der Waals surface area contributed by atoms with Crippen molar-refractivity contribution in [2.24, 2.45) is 0 Å². The van der Waals surface area contributed by atoms with Crippen molar-refractivity contribution in [3.8, 4) is 11.1 Å². The molecule has 0 bridgehead atoms. The molecule has 0 atom stereocenters. The molecule has 0 radical (unpaired) electrons. The monoisotopic (exact) mass is 538 g/mol. The number of aromatic nitrogens is 1. The highest BCUT2D eigenvalue weighted by molar-refractivity contribution is 6.08. The van der Waals surface area contributed by atoms with E-state index in [-0.39, 0.29) is 11.6 Å². The predicted molar refractivity (Wildman–Crippen MR) is 154 cm³/mol. The molecule has 0 spiro atoms. The summed E-state index contributed by atoms with van der Waals surface area (Å²) in [7, 11) is 0. The molecule has 1 aromatic heterocycles. The van der Waals surface area contributed by atoms with Gasteiger partial charge in [0.2, 0.25) is 0 Å². The zero-order chi connectivity index (χ0) is 28.7. The average molecular weight is 539 g/mol. The van der Waals surface area contributed by atoms with Crippen molar-refractivity contribution in [3.05, 3.63) is 119 Å². The lowest BCUT2D eigenvalue weighted by molar-refractivity contribution is -0.384. The second-order valence-corrected chi connectivity index (χ2v) is 10.1. The van der Waals surface area contributed by atoms with E-state index < -0.39 is 16.6 Å². The Morgan fingerprint density at radius 1 is 0.925 bits per heavy atom. The van der Waals surface area contributed by atoms with E-state index in [4.69, 9.17) is 4.74 Å². The molecular formula is C31H30N4O5. The van der Waals surface area contributed by atoms with Crippen LogP contribution >= 0.6 is 0 Å². The van der Waals surface area contributed by atoms with Gasteiger partial charge in [0, 0.05) is 53.9 Å². The molecule has 0 aliphatic heterocycles. The van der Waals surface area contributed by atoms with E-state index in [1.165, 1.54) is 12.1 Å². The maximum atomic E-state index is 13.2. The van der Waals surface area contributed by atoms with Crippen molar-refractivity contribution in [2.75, 3.05) is 16.8 Å². The Balaban J connectivity index is 1.52. The molecule has 0 aliphatic rings. The number of non-ortho nitro benzene ring substituents is 1. The number of anilines is 2. The summed E-state index contributed by atoms with van der Waals surface area (Å²) in [4.78, 5) is 42.7. The number of amides is 2. The summed E-state index contributed by atoms with van der Waals surface area (Å²) in [5.41, 5.74) is 3.09. The van der Waals surface area contributed by atoms with E-state index in [0.717, 1.165) is 5.69 Å². The number of ether oxygens (including phenoxy) is 1. The second-order valence-electron chi connectivity index (χ2n) is 10.1. The minimum Gasteiger partial charge on any atom is -0.443 e. The van der Waals surface area contributed by atoms with Gasteiger partial charge in [0.25, 0.3) is 11.6 Å². The number of nitrogens with zero attached hydrogens (tertiary/aromatic N) is 3. The third kappa shape index (κ3) is 7.28. The van der Waals surface area contributed by atoms with Crippen LogP contribution in [0.15, 0.2) is 97.2 Å². The van der Waals surface area contributed by atoms with Gasteiger partial charge in [-0.25, -0.2) is 4.79 Å². The standard InChI is InChI=1S/C31H30N4O5/c1-31(2,3)40-30(37)34(21-19-23-8-6-7-20-32-23)25-17-13-24(14-18-25)33-29(36)28-10-5-4-9-27(28)22-11-15-26(16-12-22)35(38)39/h4-18,20H,19,21H2,1-3H3,(H,33,36). The number of rotatable bonds is 8. The molecule has 0 fully saturated rings. The Labute approximate surface area is 232 Å². The first-order valence-electron chi connectivity index (χ1n) is 12.8. The summed E-state index contributed by atoms with van der Waals surface area (Å²) in [6.45, 7) is 5.80. The molecule has 9 nitrogen and oxygen atoms in total. The number of pyridine rings is 1. The fourth-order valence-corrected chi connectivity index (χ4v) is 4.03. The SMILES string of the molecule is CC(C)(C)OC(=O)N(CCc1ccccn1)c1ccc(NC(=O)c2ccccc2-c2ccc([N+](=O)[O-])cc2)cc1. The van der Waals surface area contributed by atoms with Gasteiger partial charge in [0.15, 0.2) is 0 Å². The summed E-state index contributed by atoms with van der Waals surface area (Å²) in [6, 6.07) is 25.7. The van der Waals surface area contributed by atoms with Crippen LogP contribution in [0, 0.1) is 10.1 Å². The lowest BCUT2D eigenvalue weighted by Crippen LogP contribution is -2.38. The van der Waals surface area contributed by atoms with E-state index >= 15 is 0 Å². The third-order valence-corrected chi connectivity index (χ3v) is 5.93. The second kappa shape index (κ2) is 12.2. The van der Waals surface area contributed by atoms with Crippen LogP contribution in [0.3, 0.4) is 0 Å². The van der Waals surface area contributed by atoms with Gasteiger partial charge < -0.3 is 10.1 Å². The number of nitrogens with one attached hydrogen (secondary N) is 1. The van der Waals surface area contributed by atoms with Crippen molar-refractivity contribution >= 4 is 29.1 Å². The van der Waals surface area contributed by atoms with Crippen molar-refractivity contribution in [1.29, 1.82) is 0 Å². The van der Waals surface area contributed by atoms with Crippen molar-refractivity contribution in [1.82, 2.24) is 4.98 Å². The molecule has 1 N–H and O–H groups in total. The number of nitro groups is 1. The molecule has 0 aliphatic carbocycles. The number of hydrogen-bond acceptors (Lipinski definition) is 6. The van der Waals surface area contributed by atoms with E-state index in [0.29, 0.717) is 41.0 Å². The normalized spacial score (nSPS) is 11.0. The lowest BCUT2D eigenvalue weighted by Gasteiger charge is -2.27. The number of nitro benzene ring substituents is 1. The number of hydrogen-bond donors (Lipinski definition) is 1. The molecule has 0 saturated carbocycles. The van der Waals surface area contributed by atoms with E-state index in [1.807, 2.05) is 39.0 Å². The van der Waals surface area contributed by atoms with Crippen LogP contribution in [-0.2, 0) is 11.2 Å². The Morgan fingerprint density at radius 2 is 1.60 bits per heavy atom. The van der Waals surface area contributed by atoms with Crippen LogP contribution in [0.2, 0.25) is 0 Å². The summed E-state index contributed by atoms with van der Waals surface area (Å²) in [6.07, 6.45) is 1.78. The van der Waals surface area contributed by atoms with Gasteiger partial charge in [-0.05, 0) is 86.5 Å². The van der Waals surface area contributed by atoms with E-state index in [9.17, 15) is 19.7 Å². The zero-order valence-electron chi connectivity index (χ0n) is 22.5. The Morgan fingerprint density at radius 3 is 2.23 bits per heavy atom. The Kier molecular flexibility index (Phi) is 8.54. The highest BCUT2D eigenvalue weighted by Gasteiger charge is 2.24. The Bertz CT molecular complexity index is 1480. The maximum Gasteiger partial charge on any atom is 0.414 e. The fraction of sp³-hybridized carbons (Fsp3) is 0.194. The molecule has 3 aromatic carbocycles. The molecule has 0 saturated heterocycles. The van der Waals surface area contributed by atoms with Crippen LogP contribution in [0.25, 0.3) is 11.1 Å². The molecule has 4 aromatic rings. The van der Waals surface area contributed by atoms with Crippen molar-refractivity contribution < 1.29 is 19.2 Å². The predicted octanol–water partition coefficient (Wildman–Crippen LogP) is 6.89. The van der Waals surface area contributed by atoms with Crippen molar-refractivity contribution in [3.63, 3.8) is 0 Å².